The van der Waals surface area contributed by atoms with Crippen LogP contribution in [0.15, 0.2) is 23.1 Å². The van der Waals surface area contributed by atoms with Gasteiger partial charge in [-0.1, -0.05) is 13.8 Å². The molecule has 3 N–H and O–H groups in total. The van der Waals surface area contributed by atoms with Gasteiger partial charge in [-0.15, -0.1) is 0 Å². The molecule has 1 aromatic carbocycles. The van der Waals surface area contributed by atoms with E-state index >= 15 is 0 Å². The zero-order valence-electron chi connectivity index (χ0n) is 12.0. The molecule has 0 unspecified atom stereocenters. The van der Waals surface area contributed by atoms with Crippen LogP contribution < -0.4 is 10.5 Å². The van der Waals surface area contributed by atoms with E-state index < -0.39 is 20.6 Å². The smallest absolute Gasteiger partial charge is 0.289 e. The molecule has 0 saturated heterocycles. The SMILES string of the molecule is CC(C)C1(CNS(=O)(=O)c2cc(N)ccc2[N+](=O)[O-])CC1. The Morgan fingerprint density at radius 3 is 2.52 bits per heavy atom. The number of nitrogens with two attached hydrogens (primary N) is 1. The molecule has 0 atom stereocenters. The normalized spacial score (nSPS) is 16.9. The van der Waals surface area contributed by atoms with Crippen molar-refractivity contribution in [2.75, 3.05) is 12.3 Å². The van der Waals surface area contributed by atoms with E-state index in [1.54, 1.807) is 0 Å². The first-order valence-corrected chi connectivity index (χ1v) is 8.20. The minimum absolute atomic E-state index is 0.0256. The van der Waals surface area contributed by atoms with Crippen molar-refractivity contribution >= 4 is 21.4 Å². The number of sulfonamides is 1. The summed E-state index contributed by atoms with van der Waals surface area (Å²) in [7, 11) is -3.96. The fourth-order valence-corrected chi connectivity index (χ4v) is 3.67. The van der Waals surface area contributed by atoms with Gasteiger partial charge in [0, 0.05) is 18.3 Å². The molecule has 0 aliphatic heterocycles. The number of hydrogen-bond acceptors (Lipinski definition) is 5. The molecular weight excluding hydrogens is 294 g/mol. The third-order valence-electron chi connectivity index (χ3n) is 4.20. The van der Waals surface area contributed by atoms with E-state index in [0.29, 0.717) is 12.5 Å². The van der Waals surface area contributed by atoms with Gasteiger partial charge in [-0.05, 0) is 36.3 Å². The first kappa shape index (κ1) is 15.7. The number of benzene rings is 1. The molecule has 1 saturated carbocycles. The van der Waals surface area contributed by atoms with Gasteiger partial charge < -0.3 is 5.73 Å². The largest absolute Gasteiger partial charge is 0.399 e. The maximum absolute atomic E-state index is 12.3. The number of nitrogens with zero attached hydrogens (tertiary/aromatic N) is 1. The van der Waals surface area contributed by atoms with E-state index in [0.717, 1.165) is 25.0 Å². The molecule has 1 fully saturated rings. The van der Waals surface area contributed by atoms with Gasteiger partial charge in [-0.3, -0.25) is 10.1 Å². The second-order valence-corrected chi connectivity index (χ2v) is 7.56. The Kier molecular flexibility index (Phi) is 3.94. The van der Waals surface area contributed by atoms with Crippen LogP contribution in [0.4, 0.5) is 11.4 Å². The molecule has 0 heterocycles. The maximum atomic E-state index is 12.3. The van der Waals surface area contributed by atoms with E-state index in [9.17, 15) is 18.5 Å². The van der Waals surface area contributed by atoms with Crippen molar-refractivity contribution in [3.63, 3.8) is 0 Å². The molecular formula is C13H19N3O4S. The molecule has 1 aromatic rings. The molecule has 0 spiro atoms. The van der Waals surface area contributed by atoms with Crippen molar-refractivity contribution in [3.8, 4) is 0 Å². The Morgan fingerprint density at radius 2 is 2.05 bits per heavy atom. The summed E-state index contributed by atoms with van der Waals surface area (Å²) in [5.74, 6) is 0.357. The standard InChI is InChI=1S/C13H19N3O4S/c1-9(2)13(5-6-13)8-15-21(19,20)12-7-10(14)3-4-11(12)16(17)18/h3-4,7,9,15H,5-6,8,14H2,1-2H3. The molecule has 8 heteroatoms. The van der Waals surface area contributed by atoms with Crippen molar-refractivity contribution in [1.82, 2.24) is 4.72 Å². The highest BCUT2D eigenvalue weighted by Gasteiger charge is 2.46. The summed E-state index contributed by atoms with van der Waals surface area (Å²) < 4.78 is 27.2. The molecule has 116 valence electrons. The molecule has 1 aliphatic carbocycles. The Labute approximate surface area is 123 Å². The van der Waals surface area contributed by atoms with Crippen LogP contribution in [0.1, 0.15) is 26.7 Å². The molecule has 0 bridgehead atoms. The summed E-state index contributed by atoms with van der Waals surface area (Å²) >= 11 is 0. The average molecular weight is 313 g/mol. The van der Waals surface area contributed by atoms with Crippen LogP contribution in [-0.2, 0) is 10.0 Å². The van der Waals surface area contributed by atoms with Crippen molar-refractivity contribution < 1.29 is 13.3 Å². The lowest BCUT2D eigenvalue weighted by atomic mass is 9.93. The van der Waals surface area contributed by atoms with Crippen LogP contribution in [0, 0.1) is 21.4 Å². The molecule has 7 nitrogen and oxygen atoms in total. The van der Waals surface area contributed by atoms with Gasteiger partial charge in [0.05, 0.1) is 4.92 Å². The highest BCUT2D eigenvalue weighted by atomic mass is 32.2. The van der Waals surface area contributed by atoms with E-state index in [1.165, 1.54) is 6.07 Å². The second-order valence-electron chi connectivity index (χ2n) is 5.83. The highest BCUT2D eigenvalue weighted by Crippen LogP contribution is 2.51. The van der Waals surface area contributed by atoms with Crippen molar-refractivity contribution in [2.45, 2.75) is 31.6 Å². The number of rotatable bonds is 6. The third-order valence-corrected chi connectivity index (χ3v) is 5.63. The average Bonchev–Trinajstić information content (AvgIpc) is 3.17. The monoisotopic (exact) mass is 313 g/mol. The van der Waals surface area contributed by atoms with Crippen molar-refractivity contribution in [2.24, 2.45) is 11.3 Å². The summed E-state index contributed by atoms with van der Waals surface area (Å²) in [5, 5.41) is 11.0. The minimum Gasteiger partial charge on any atom is -0.399 e. The number of nitro benzene ring substituents is 1. The van der Waals surface area contributed by atoms with E-state index in [-0.39, 0.29) is 16.0 Å². The first-order valence-electron chi connectivity index (χ1n) is 6.71. The number of anilines is 1. The highest BCUT2D eigenvalue weighted by molar-refractivity contribution is 7.89. The van der Waals surface area contributed by atoms with E-state index in [2.05, 4.69) is 4.72 Å². The van der Waals surface area contributed by atoms with Gasteiger partial charge in [0.1, 0.15) is 0 Å². The predicted molar refractivity (Wildman–Crippen MR) is 79.2 cm³/mol. The molecule has 0 radical (unpaired) electrons. The molecule has 0 amide bonds. The number of nitro groups is 1. The van der Waals surface area contributed by atoms with Crippen LogP contribution in [0.25, 0.3) is 0 Å². The van der Waals surface area contributed by atoms with Crippen molar-refractivity contribution in [3.05, 3.63) is 28.3 Å². The lowest BCUT2D eigenvalue weighted by molar-refractivity contribution is -0.387. The Morgan fingerprint density at radius 1 is 1.43 bits per heavy atom. The lowest BCUT2D eigenvalue weighted by Crippen LogP contribution is -2.33. The van der Waals surface area contributed by atoms with Crippen molar-refractivity contribution in [1.29, 1.82) is 0 Å². The van der Waals surface area contributed by atoms with Gasteiger partial charge in [0.15, 0.2) is 4.90 Å². The summed E-state index contributed by atoms with van der Waals surface area (Å²) in [6.07, 6.45) is 1.93. The number of nitrogens with one attached hydrogen (secondary N) is 1. The van der Waals surface area contributed by atoms with Gasteiger partial charge >= 0.3 is 0 Å². The van der Waals surface area contributed by atoms with Crippen LogP contribution in [0.3, 0.4) is 0 Å². The Bertz CT molecular complexity index is 666. The minimum atomic E-state index is -3.96. The van der Waals surface area contributed by atoms with E-state index in [1.807, 2.05) is 13.8 Å². The number of nitrogen functional groups attached to an aromatic ring is 1. The third kappa shape index (κ3) is 3.16. The quantitative estimate of drug-likeness (QED) is 0.472. The van der Waals surface area contributed by atoms with Crippen LogP contribution in [-0.4, -0.2) is 19.9 Å². The van der Waals surface area contributed by atoms with Crippen LogP contribution in [0.2, 0.25) is 0 Å². The van der Waals surface area contributed by atoms with Gasteiger partial charge in [0.2, 0.25) is 10.0 Å². The Balaban J connectivity index is 2.28. The zero-order valence-corrected chi connectivity index (χ0v) is 12.8. The fraction of sp³-hybridized carbons (Fsp3) is 0.538. The summed E-state index contributed by atoms with van der Waals surface area (Å²) in [6.45, 7) is 4.38. The summed E-state index contributed by atoms with van der Waals surface area (Å²) in [6, 6.07) is 3.54. The Hall–Kier alpha value is -1.67. The first-order chi connectivity index (χ1) is 9.68. The molecule has 0 aromatic heterocycles. The summed E-state index contributed by atoms with van der Waals surface area (Å²) in [5.41, 5.74) is 5.23. The second kappa shape index (κ2) is 5.27. The molecule has 1 aliphatic rings. The molecule has 21 heavy (non-hydrogen) atoms. The summed E-state index contributed by atoms with van der Waals surface area (Å²) in [4.78, 5) is 9.87. The number of hydrogen-bond donors (Lipinski definition) is 2. The van der Waals surface area contributed by atoms with E-state index in [4.69, 9.17) is 5.73 Å². The maximum Gasteiger partial charge on any atom is 0.289 e. The van der Waals surface area contributed by atoms with Gasteiger partial charge in [0.25, 0.3) is 5.69 Å². The van der Waals surface area contributed by atoms with Crippen LogP contribution in [0.5, 0.6) is 0 Å². The molecule has 2 rings (SSSR count). The van der Waals surface area contributed by atoms with Gasteiger partial charge in [-0.25, -0.2) is 13.1 Å². The zero-order chi connectivity index (χ0) is 15.8. The lowest BCUT2D eigenvalue weighted by Gasteiger charge is -2.20. The van der Waals surface area contributed by atoms with Crippen LogP contribution >= 0.6 is 0 Å². The topological polar surface area (TPSA) is 115 Å². The van der Waals surface area contributed by atoms with Gasteiger partial charge in [-0.2, -0.15) is 0 Å². The fourth-order valence-electron chi connectivity index (χ4n) is 2.33. The predicted octanol–water partition coefficient (Wildman–Crippen LogP) is 1.89.